The molecule has 0 aliphatic carbocycles. The van der Waals surface area contributed by atoms with E-state index in [2.05, 4.69) is 129 Å². The van der Waals surface area contributed by atoms with E-state index < -0.39 is 6.10 Å². The molecule has 0 fully saturated rings. The molecule has 206 valence electrons. The lowest BCUT2D eigenvalue weighted by molar-refractivity contribution is 0.0456. The average Bonchev–Trinajstić information content (AvgIpc) is 3.27. The molecular formula is C34H38N4O2. The molecule has 6 nitrogen and oxygen atoms in total. The van der Waals surface area contributed by atoms with Crippen molar-refractivity contribution in [2.24, 2.45) is 0 Å². The Morgan fingerprint density at radius 3 is 1.73 bits per heavy atom. The normalized spacial score (nSPS) is 14.0. The zero-order valence-electron chi connectivity index (χ0n) is 24.7. The van der Waals surface area contributed by atoms with Crippen LogP contribution in [-0.4, -0.2) is 62.4 Å². The van der Waals surface area contributed by atoms with Gasteiger partial charge in [-0.3, -0.25) is 0 Å². The maximum absolute atomic E-state index is 13.1. The van der Waals surface area contributed by atoms with Crippen molar-refractivity contribution in [2.75, 3.05) is 76.0 Å². The predicted octanol–water partition coefficient (Wildman–Crippen LogP) is 6.54. The molecular weight excluding hydrogens is 496 g/mol. The van der Waals surface area contributed by atoms with Crippen LogP contribution in [0, 0.1) is 0 Å². The first-order valence-electron chi connectivity index (χ1n) is 13.5. The molecule has 0 bridgehead atoms. The summed E-state index contributed by atoms with van der Waals surface area (Å²) in [7, 11) is 16.5. The van der Waals surface area contributed by atoms with E-state index in [1.165, 1.54) is 0 Å². The lowest BCUT2D eigenvalue weighted by Crippen LogP contribution is -2.17. The van der Waals surface area contributed by atoms with Gasteiger partial charge < -0.3 is 24.3 Å². The summed E-state index contributed by atoms with van der Waals surface area (Å²) in [5.41, 5.74) is 11.2. The van der Waals surface area contributed by atoms with Crippen LogP contribution in [-0.2, 0) is 4.74 Å². The Hall–Kier alpha value is -4.45. The number of nitrogens with zero attached hydrogens (tertiary/aromatic N) is 4. The molecule has 5 rings (SSSR count). The van der Waals surface area contributed by atoms with Crippen molar-refractivity contribution in [3.63, 3.8) is 0 Å². The number of carbonyl (C=O) groups excluding carboxylic acids is 1. The van der Waals surface area contributed by atoms with Crippen LogP contribution in [0.25, 0.3) is 22.3 Å². The van der Waals surface area contributed by atoms with Crippen LogP contribution in [0.1, 0.15) is 27.6 Å². The van der Waals surface area contributed by atoms with Crippen LogP contribution in [0.5, 0.6) is 0 Å². The van der Waals surface area contributed by atoms with Crippen molar-refractivity contribution >= 4 is 28.7 Å². The maximum Gasteiger partial charge on any atom is 0.339 e. The quantitative estimate of drug-likeness (QED) is 0.251. The number of cyclic esters (lactones) is 1. The average molecular weight is 535 g/mol. The zero-order valence-corrected chi connectivity index (χ0v) is 24.7. The van der Waals surface area contributed by atoms with Crippen LogP contribution in [0.15, 0.2) is 78.9 Å². The van der Waals surface area contributed by atoms with Crippen molar-refractivity contribution in [1.82, 2.24) is 0 Å². The van der Waals surface area contributed by atoms with Crippen molar-refractivity contribution in [3.05, 3.63) is 95.6 Å². The third-order valence-electron chi connectivity index (χ3n) is 7.55. The van der Waals surface area contributed by atoms with E-state index in [1.54, 1.807) is 0 Å². The van der Waals surface area contributed by atoms with Crippen molar-refractivity contribution in [2.45, 2.75) is 6.10 Å². The Morgan fingerprint density at radius 2 is 1.12 bits per heavy atom. The smallest absolute Gasteiger partial charge is 0.339 e. The fourth-order valence-electron chi connectivity index (χ4n) is 5.65. The summed E-state index contributed by atoms with van der Waals surface area (Å²) >= 11 is 0. The molecule has 0 saturated carbocycles. The molecule has 1 heterocycles. The van der Waals surface area contributed by atoms with Gasteiger partial charge in [-0.2, -0.15) is 0 Å². The van der Waals surface area contributed by atoms with Gasteiger partial charge in [0.1, 0.15) is 0 Å². The van der Waals surface area contributed by atoms with Gasteiger partial charge >= 0.3 is 5.97 Å². The van der Waals surface area contributed by atoms with Crippen molar-refractivity contribution in [3.8, 4) is 22.3 Å². The predicted molar refractivity (Wildman–Crippen MR) is 168 cm³/mol. The zero-order chi connectivity index (χ0) is 28.7. The number of para-hydroxylation sites is 2. The molecule has 0 saturated heterocycles. The van der Waals surface area contributed by atoms with Crippen LogP contribution in [0.2, 0.25) is 0 Å². The highest BCUT2D eigenvalue weighted by Crippen LogP contribution is 2.50. The molecule has 4 aromatic rings. The first kappa shape index (κ1) is 27.1. The molecule has 4 aromatic carbocycles. The standard InChI is InChI=1S/C34H38N4O2/c1-35(2)22-17-18-25-28(21-22)33(40-34(25)39)27-20-19-24(23-13-9-11-15-29(23)36(3)4)32(38(7)8)31(27)26-14-10-12-16-30(26)37(5)6/h9-21,33H,1-8H3. The molecule has 0 N–H and O–H groups in total. The Balaban J connectivity index is 1.87. The Morgan fingerprint density at radius 1 is 0.550 bits per heavy atom. The van der Waals surface area contributed by atoms with Gasteiger partial charge in [-0.1, -0.05) is 48.5 Å². The summed E-state index contributed by atoms with van der Waals surface area (Å²) in [5.74, 6) is -0.286. The van der Waals surface area contributed by atoms with Crippen molar-refractivity contribution in [1.29, 1.82) is 0 Å². The molecule has 1 aliphatic heterocycles. The minimum atomic E-state index is -0.524. The van der Waals surface area contributed by atoms with E-state index in [4.69, 9.17) is 4.74 Å². The lowest BCUT2D eigenvalue weighted by atomic mass is 9.86. The summed E-state index contributed by atoms with van der Waals surface area (Å²) < 4.78 is 6.16. The number of benzene rings is 4. The van der Waals surface area contributed by atoms with E-state index in [0.717, 1.165) is 56.1 Å². The van der Waals surface area contributed by atoms with Gasteiger partial charge in [-0.25, -0.2) is 4.79 Å². The number of anilines is 4. The maximum atomic E-state index is 13.1. The number of ether oxygens (including phenoxy) is 1. The van der Waals surface area contributed by atoms with Gasteiger partial charge in [-0.05, 0) is 30.3 Å². The largest absolute Gasteiger partial charge is 0.449 e. The Labute approximate surface area is 238 Å². The van der Waals surface area contributed by atoms with Gasteiger partial charge in [0.15, 0.2) is 6.10 Å². The van der Waals surface area contributed by atoms with Crippen molar-refractivity contribution < 1.29 is 9.53 Å². The van der Waals surface area contributed by atoms with Crippen LogP contribution in [0.4, 0.5) is 22.7 Å². The van der Waals surface area contributed by atoms with E-state index in [-0.39, 0.29) is 5.97 Å². The van der Waals surface area contributed by atoms with E-state index in [1.807, 2.05) is 26.2 Å². The minimum Gasteiger partial charge on any atom is -0.449 e. The van der Waals surface area contributed by atoms with E-state index >= 15 is 0 Å². The Kier molecular flexibility index (Phi) is 7.19. The monoisotopic (exact) mass is 534 g/mol. The minimum absolute atomic E-state index is 0.286. The van der Waals surface area contributed by atoms with E-state index in [0.29, 0.717) is 5.56 Å². The summed E-state index contributed by atoms with van der Waals surface area (Å²) in [6.07, 6.45) is -0.524. The number of hydrogen-bond acceptors (Lipinski definition) is 6. The summed E-state index contributed by atoms with van der Waals surface area (Å²) in [4.78, 5) is 21.6. The van der Waals surface area contributed by atoms with Gasteiger partial charge in [0.2, 0.25) is 0 Å². The molecule has 1 atom stereocenters. The Bertz CT molecular complexity index is 1570. The third kappa shape index (κ3) is 4.64. The molecule has 0 amide bonds. The molecule has 40 heavy (non-hydrogen) atoms. The molecule has 1 aliphatic rings. The number of fused-ring (bicyclic) bond motifs is 1. The topological polar surface area (TPSA) is 39.3 Å². The molecule has 0 spiro atoms. The second kappa shape index (κ2) is 10.6. The number of hydrogen-bond donors (Lipinski definition) is 0. The number of esters is 1. The SMILES string of the molecule is CN(C)c1ccc2c(c1)C(c1ccc(-c3ccccc3N(C)C)c(N(C)C)c1-c1ccccc1N(C)C)OC2=O. The van der Waals surface area contributed by atoms with Crippen LogP contribution >= 0.6 is 0 Å². The molecule has 6 heteroatoms. The fraction of sp³-hybridized carbons (Fsp3) is 0.265. The highest BCUT2D eigenvalue weighted by Gasteiger charge is 2.36. The summed E-state index contributed by atoms with van der Waals surface area (Å²) in [6, 6.07) is 27.2. The lowest BCUT2D eigenvalue weighted by Gasteiger charge is -2.30. The third-order valence-corrected chi connectivity index (χ3v) is 7.55. The van der Waals surface area contributed by atoms with Gasteiger partial charge in [0.25, 0.3) is 0 Å². The van der Waals surface area contributed by atoms with Gasteiger partial charge in [-0.15, -0.1) is 0 Å². The van der Waals surface area contributed by atoms with Crippen LogP contribution in [0.3, 0.4) is 0 Å². The first-order chi connectivity index (χ1) is 19.1. The molecule has 0 aromatic heterocycles. The number of carbonyl (C=O) groups is 1. The molecule has 1 unspecified atom stereocenters. The highest BCUT2D eigenvalue weighted by atomic mass is 16.5. The molecule has 0 radical (unpaired) electrons. The van der Waals surface area contributed by atoms with Gasteiger partial charge in [0, 0.05) is 107 Å². The first-order valence-corrected chi connectivity index (χ1v) is 13.5. The highest BCUT2D eigenvalue weighted by molar-refractivity contribution is 6.01. The number of rotatable bonds is 7. The fourth-order valence-corrected chi connectivity index (χ4v) is 5.65. The summed E-state index contributed by atoms with van der Waals surface area (Å²) in [6.45, 7) is 0. The summed E-state index contributed by atoms with van der Waals surface area (Å²) in [5, 5.41) is 0. The second-order valence-corrected chi connectivity index (χ2v) is 11.1. The second-order valence-electron chi connectivity index (χ2n) is 11.1. The van der Waals surface area contributed by atoms with Crippen LogP contribution < -0.4 is 19.6 Å². The van der Waals surface area contributed by atoms with E-state index in [9.17, 15) is 4.79 Å². The van der Waals surface area contributed by atoms with Gasteiger partial charge in [0.05, 0.1) is 11.3 Å².